The third-order valence-corrected chi connectivity index (χ3v) is 19.8. The van der Waals surface area contributed by atoms with Crippen molar-refractivity contribution in [1.82, 2.24) is 0 Å². The summed E-state index contributed by atoms with van der Waals surface area (Å²) < 4.78 is 16.8. The summed E-state index contributed by atoms with van der Waals surface area (Å²) in [7, 11) is 0. The first-order chi connectivity index (χ1) is 27.8. The Balaban J connectivity index is 0.000000225. The van der Waals surface area contributed by atoms with Crippen LogP contribution in [0.2, 0.25) is 0 Å². The lowest BCUT2D eigenvalue weighted by Crippen LogP contribution is -2.59. The molecular formula is C50H81BrO10. The average molecular weight is 922 g/mol. The number of carbonyl (C=O) groups excluding carboxylic acids is 5. The van der Waals surface area contributed by atoms with E-state index >= 15 is 0 Å². The molecule has 10 nitrogen and oxygen atoms in total. The normalized spacial score (nSPS) is 46.6. The SMILES string of the molecule is C.C.CC(=O)OCC(=O)[C@H]1CC[C@H]2[C@@H]3C[C@H](OC(C)=O)[C@H]4C[C@H](O)CC[C@]4(C)[C@H]3CC[C@]12C.CC(=O)O[C@H]1C[C@@H]2[C@H](CC[C@]3(C)[C@@H](C(=O)CBr)CC[C@@H]23)[C@@]2(C)CC[C@@H](O)C[C@H]12. The van der Waals surface area contributed by atoms with Gasteiger partial charge < -0.3 is 24.4 Å². The molecule has 8 fully saturated rings. The zero-order valence-corrected chi connectivity index (χ0v) is 38.4. The molecule has 348 valence electrons. The van der Waals surface area contributed by atoms with E-state index in [-0.39, 0.29) is 109 Å². The molecular weight excluding hydrogens is 840 g/mol. The molecule has 0 amide bonds. The standard InChI is InChI=1S/C25H38O6.C23H35BrO4.2CH4/c1-14(26)30-13-22(29)20-6-5-18-17-12-23(31-15(2)27)21-11-16(28)7-9-25(21,4)19(17)8-10-24(18,20)3;1-13(25)28-21-11-15-16-4-5-18(20(27)12-24)22(16,2)9-7-17(15)23(3)8-6-14(26)10-19(21)23;;/h16-21,23,28H,5-13H2,1-4H3;14-19,21,26H,4-12H2,1-3H3;2*1H4/t16-,17+,18+,19+,20-,21-,23+,24+,25-;14-,15+,16+,17+,18-,19-,21+,22+,23-;;/m11../s1. The van der Waals surface area contributed by atoms with Crippen molar-refractivity contribution >= 4 is 45.4 Å². The van der Waals surface area contributed by atoms with Crippen LogP contribution in [0, 0.1) is 80.8 Å². The second kappa shape index (κ2) is 18.9. The van der Waals surface area contributed by atoms with Gasteiger partial charge in [0.25, 0.3) is 0 Å². The van der Waals surface area contributed by atoms with Crippen LogP contribution in [-0.4, -0.2) is 76.0 Å². The number of fused-ring (bicyclic) bond motifs is 10. The van der Waals surface area contributed by atoms with E-state index in [2.05, 4.69) is 43.6 Å². The van der Waals surface area contributed by atoms with Crippen molar-refractivity contribution in [2.24, 2.45) is 80.8 Å². The third-order valence-electron chi connectivity index (χ3n) is 19.2. The summed E-state index contributed by atoms with van der Waals surface area (Å²) >= 11 is 3.40. The lowest BCUT2D eigenvalue weighted by molar-refractivity contribution is -0.192. The van der Waals surface area contributed by atoms with Gasteiger partial charge in [-0.25, -0.2) is 0 Å². The maximum Gasteiger partial charge on any atom is 0.303 e. The van der Waals surface area contributed by atoms with E-state index in [0.717, 1.165) is 89.9 Å². The number of ether oxygens (including phenoxy) is 3. The van der Waals surface area contributed by atoms with Crippen LogP contribution in [0.15, 0.2) is 0 Å². The monoisotopic (exact) mass is 921 g/mol. The Morgan fingerprint density at radius 1 is 0.508 bits per heavy atom. The number of hydrogen-bond acceptors (Lipinski definition) is 10. The zero-order chi connectivity index (χ0) is 42.8. The molecule has 8 aliphatic rings. The van der Waals surface area contributed by atoms with Gasteiger partial charge in [0, 0.05) is 44.4 Å². The van der Waals surface area contributed by atoms with Gasteiger partial charge in [-0.2, -0.15) is 0 Å². The number of Topliss-reactive ketones (excluding diaryl/α,β-unsaturated/α-hetero) is 2. The highest BCUT2D eigenvalue weighted by molar-refractivity contribution is 9.09. The summed E-state index contributed by atoms with van der Waals surface area (Å²) in [5.74, 6) is 3.18. The molecule has 0 aromatic rings. The Labute approximate surface area is 375 Å². The van der Waals surface area contributed by atoms with Gasteiger partial charge in [0.05, 0.1) is 17.5 Å². The number of esters is 3. The average Bonchev–Trinajstić information content (AvgIpc) is 3.72. The fourth-order valence-corrected chi connectivity index (χ4v) is 17.0. The number of aliphatic hydroxyl groups is 2. The highest BCUT2D eigenvalue weighted by Crippen LogP contribution is 2.69. The van der Waals surface area contributed by atoms with Crippen LogP contribution < -0.4 is 0 Å². The van der Waals surface area contributed by atoms with Gasteiger partial charge in [-0.1, -0.05) is 58.5 Å². The molecule has 0 aromatic carbocycles. The predicted octanol–water partition coefficient (Wildman–Crippen LogP) is 9.46. The summed E-state index contributed by atoms with van der Waals surface area (Å²) in [5.41, 5.74) is 0.186. The van der Waals surface area contributed by atoms with Crippen molar-refractivity contribution in [2.45, 2.75) is 190 Å². The maximum absolute atomic E-state index is 12.9. The van der Waals surface area contributed by atoms with Gasteiger partial charge in [0.2, 0.25) is 0 Å². The number of halogens is 1. The number of rotatable bonds is 7. The first kappa shape index (κ1) is 50.2. The molecule has 0 radical (unpaired) electrons. The predicted molar refractivity (Wildman–Crippen MR) is 238 cm³/mol. The minimum absolute atomic E-state index is 0. The van der Waals surface area contributed by atoms with E-state index in [1.54, 1.807) is 0 Å². The minimum atomic E-state index is -0.410. The number of aliphatic hydroxyl groups excluding tert-OH is 2. The third kappa shape index (κ3) is 8.95. The molecule has 18 atom stereocenters. The van der Waals surface area contributed by atoms with Crippen LogP contribution in [0.25, 0.3) is 0 Å². The molecule has 2 N–H and O–H groups in total. The quantitative estimate of drug-likeness (QED) is 0.143. The fraction of sp³-hybridized carbons (Fsp3) is 0.900. The highest BCUT2D eigenvalue weighted by atomic mass is 79.9. The van der Waals surface area contributed by atoms with Crippen molar-refractivity contribution in [3.63, 3.8) is 0 Å². The van der Waals surface area contributed by atoms with Gasteiger partial charge in [-0.05, 0) is 160 Å². The molecule has 8 saturated carbocycles. The van der Waals surface area contributed by atoms with E-state index in [4.69, 9.17) is 14.2 Å². The summed E-state index contributed by atoms with van der Waals surface area (Å²) in [6, 6.07) is 0. The van der Waals surface area contributed by atoms with Gasteiger partial charge >= 0.3 is 17.9 Å². The largest absolute Gasteiger partial charge is 0.462 e. The zero-order valence-electron chi connectivity index (χ0n) is 36.8. The van der Waals surface area contributed by atoms with Gasteiger partial charge in [-0.15, -0.1) is 0 Å². The molecule has 0 spiro atoms. The smallest absolute Gasteiger partial charge is 0.303 e. The van der Waals surface area contributed by atoms with Crippen LogP contribution in [0.3, 0.4) is 0 Å². The number of ketones is 2. The van der Waals surface area contributed by atoms with E-state index in [9.17, 15) is 34.2 Å². The van der Waals surface area contributed by atoms with E-state index in [0.29, 0.717) is 53.0 Å². The van der Waals surface area contributed by atoms with E-state index < -0.39 is 5.97 Å². The summed E-state index contributed by atoms with van der Waals surface area (Å²) in [6.07, 6.45) is 14.4. The van der Waals surface area contributed by atoms with Crippen LogP contribution in [0.5, 0.6) is 0 Å². The molecule has 61 heavy (non-hydrogen) atoms. The first-order valence-corrected chi connectivity index (χ1v) is 24.3. The topological polar surface area (TPSA) is 154 Å². The van der Waals surface area contributed by atoms with Crippen LogP contribution in [-0.2, 0) is 38.2 Å². The van der Waals surface area contributed by atoms with Crippen molar-refractivity contribution in [1.29, 1.82) is 0 Å². The molecule has 0 saturated heterocycles. The second-order valence-corrected chi connectivity index (χ2v) is 22.4. The van der Waals surface area contributed by atoms with Gasteiger partial charge in [-0.3, -0.25) is 24.0 Å². The summed E-state index contributed by atoms with van der Waals surface area (Å²) in [4.78, 5) is 60.5. The first-order valence-electron chi connectivity index (χ1n) is 23.2. The second-order valence-electron chi connectivity index (χ2n) is 21.8. The molecule has 0 heterocycles. The number of alkyl halides is 1. The van der Waals surface area contributed by atoms with Crippen molar-refractivity contribution < 1.29 is 48.4 Å². The van der Waals surface area contributed by atoms with Crippen molar-refractivity contribution in [3.8, 4) is 0 Å². The fourth-order valence-electron chi connectivity index (χ4n) is 16.6. The summed E-state index contributed by atoms with van der Waals surface area (Å²) in [6.45, 7) is 13.6. The Hall–Kier alpha value is -1.85. The van der Waals surface area contributed by atoms with Crippen molar-refractivity contribution in [2.75, 3.05) is 11.9 Å². The molecule has 11 heteroatoms. The van der Waals surface area contributed by atoms with Crippen molar-refractivity contribution in [3.05, 3.63) is 0 Å². The minimum Gasteiger partial charge on any atom is -0.462 e. The highest BCUT2D eigenvalue weighted by Gasteiger charge is 2.65. The Morgan fingerprint density at radius 3 is 1.26 bits per heavy atom. The van der Waals surface area contributed by atoms with Crippen LogP contribution >= 0.6 is 15.9 Å². The maximum atomic E-state index is 12.9. The molecule has 0 aromatic heterocycles. The lowest BCUT2D eigenvalue weighted by atomic mass is 9.44. The Morgan fingerprint density at radius 2 is 0.885 bits per heavy atom. The molecule has 0 aliphatic heterocycles. The van der Waals surface area contributed by atoms with Crippen LogP contribution in [0.4, 0.5) is 0 Å². The molecule has 0 unspecified atom stereocenters. The van der Waals surface area contributed by atoms with Crippen LogP contribution in [0.1, 0.15) is 166 Å². The molecule has 0 bridgehead atoms. The number of hydrogen-bond donors (Lipinski definition) is 2. The van der Waals surface area contributed by atoms with Gasteiger partial charge in [0.1, 0.15) is 24.6 Å². The van der Waals surface area contributed by atoms with Gasteiger partial charge in [0.15, 0.2) is 5.78 Å². The Kier molecular flexibility index (Phi) is 15.6. The molecule has 8 rings (SSSR count). The lowest BCUT2D eigenvalue weighted by Gasteiger charge is -2.62. The number of carbonyl (C=O) groups is 5. The van der Waals surface area contributed by atoms with E-state index in [1.165, 1.54) is 27.2 Å². The summed E-state index contributed by atoms with van der Waals surface area (Å²) in [5, 5.41) is 21.2. The van der Waals surface area contributed by atoms with E-state index in [1.807, 2.05) is 0 Å². The molecule has 8 aliphatic carbocycles. The Bertz CT molecular complexity index is 1630.